The van der Waals surface area contributed by atoms with Gasteiger partial charge in [0, 0.05) is 36.9 Å². The van der Waals surface area contributed by atoms with E-state index in [0.29, 0.717) is 11.7 Å². The van der Waals surface area contributed by atoms with Gasteiger partial charge in [-0.2, -0.15) is 0 Å². The van der Waals surface area contributed by atoms with Gasteiger partial charge in [-0.05, 0) is 30.9 Å². The summed E-state index contributed by atoms with van der Waals surface area (Å²) < 4.78 is 21.2. The molecule has 1 saturated heterocycles. The lowest BCUT2D eigenvalue weighted by Gasteiger charge is -2.33. The van der Waals surface area contributed by atoms with Crippen molar-refractivity contribution in [2.24, 2.45) is 5.92 Å². The number of pyridine rings is 1. The summed E-state index contributed by atoms with van der Waals surface area (Å²) in [6, 6.07) is 3.98. The molecule has 1 atom stereocenters. The zero-order valence-electron chi connectivity index (χ0n) is 9.04. The van der Waals surface area contributed by atoms with E-state index in [4.69, 9.17) is 0 Å². The highest BCUT2D eigenvalue weighted by molar-refractivity contribution is 7.79. The van der Waals surface area contributed by atoms with Crippen molar-refractivity contribution in [2.75, 3.05) is 23.7 Å². The Labute approximate surface area is 98.0 Å². The Hall–Kier alpha value is -0.940. The first-order valence-electron chi connectivity index (χ1n) is 5.46. The molecule has 1 aliphatic heterocycles. The van der Waals surface area contributed by atoms with Crippen LogP contribution in [-0.4, -0.2) is 32.6 Å². The number of anilines is 1. The predicted octanol–water partition coefficient (Wildman–Crippen LogP) is 1.18. The second-order valence-corrected chi connectivity index (χ2v) is 5.05. The summed E-state index contributed by atoms with van der Waals surface area (Å²) in [7, 11) is 0. The summed E-state index contributed by atoms with van der Waals surface area (Å²) in [6.45, 7) is 1.87. The SMILES string of the molecule is O=S([O-])CC1CCN(c2ccncc2)CC1. The average molecular weight is 239 g/mol. The Balaban J connectivity index is 1.88. The first-order valence-corrected chi connectivity index (χ1v) is 6.71. The maximum atomic E-state index is 10.6. The quantitative estimate of drug-likeness (QED) is 0.743. The van der Waals surface area contributed by atoms with Crippen LogP contribution in [0.25, 0.3) is 0 Å². The van der Waals surface area contributed by atoms with Gasteiger partial charge in [-0.25, -0.2) is 0 Å². The lowest BCUT2D eigenvalue weighted by atomic mass is 9.98. The molecule has 1 aromatic heterocycles. The lowest BCUT2D eigenvalue weighted by molar-refractivity contribution is 0.429. The highest BCUT2D eigenvalue weighted by Crippen LogP contribution is 2.22. The fourth-order valence-corrected chi connectivity index (χ4v) is 2.82. The highest BCUT2D eigenvalue weighted by atomic mass is 32.2. The van der Waals surface area contributed by atoms with Crippen molar-refractivity contribution in [1.82, 2.24) is 4.98 Å². The van der Waals surface area contributed by atoms with Crippen LogP contribution in [0.3, 0.4) is 0 Å². The smallest absolute Gasteiger partial charge is 0.0397 e. The lowest BCUT2D eigenvalue weighted by Crippen LogP contribution is -2.35. The van der Waals surface area contributed by atoms with Gasteiger partial charge in [0.05, 0.1) is 0 Å². The van der Waals surface area contributed by atoms with Crippen LogP contribution in [0.5, 0.6) is 0 Å². The monoisotopic (exact) mass is 239 g/mol. The Bertz CT molecular complexity index is 350. The third-order valence-corrected chi connectivity index (χ3v) is 3.76. The number of nitrogens with zero attached hydrogens (tertiary/aromatic N) is 2. The number of rotatable bonds is 3. The Kier molecular flexibility index (Phi) is 3.90. The molecule has 0 radical (unpaired) electrons. The molecular weight excluding hydrogens is 224 g/mol. The van der Waals surface area contributed by atoms with Crippen molar-refractivity contribution in [3.63, 3.8) is 0 Å². The van der Waals surface area contributed by atoms with E-state index >= 15 is 0 Å². The van der Waals surface area contributed by atoms with Gasteiger partial charge in [0.2, 0.25) is 0 Å². The minimum Gasteiger partial charge on any atom is -0.772 e. The van der Waals surface area contributed by atoms with E-state index < -0.39 is 11.1 Å². The van der Waals surface area contributed by atoms with Crippen molar-refractivity contribution in [2.45, 2.75) is 12.8 Å². The van der Waals surface area contributed by atoms with Crippen molar-refractivity contribution in [3.05, 3.63) is 24.5 Å². The summed E-state index contributed by atoms with van der Waals surface area (Å²) in [5.74, 6) is 0.640. The van der Waals surface area contributed by atoms with E-state index in [1.54, 1.807) is 12.4 Å². The van der Waals surface area contributed by atoms with Gasteiger partial charge in [-0.15, -0.1) is 0 Å². The highest BCUT2D eigenvalue weighted by Gasteiger charge is 2.19. The molecule has 2 heterocycles. The van der Waals surface area contributed by atoms with Crippen molar-refractivity contribution in [1.29, 1.82) is 0 Å². The number of hydrogen-bond acceptors (Lipinski definition) is 4. The molecule has 5 heteroatoms. The first-order chi connectivity index (χ1) is 7.75. The predicted molar refractivity (Wildman–Crippen MR) is 63.0 cm³/mol. The molecule has 2 rings (SSSR count). The summed E-state index contributed by atoms with van der Waals surface area (Å²) in [4.78, 5) is 6.27. The molecule has 0 amide bonds. The summed E-state index contributed by atoms with van der Waals surface area (Å²) >= 11 is -1.90. The summed E-state index contributed by atoms with van der Waals surface area (Å²) in [5.41, 5.74) is 1.18. The molecule has 0 aromatic carbocycles. The minimum absolute atomic E-state index is 0.310. The third-order valence-electron chi connectivity index (χ3n) is 3.01. The van der Waals surface area contributed by atoms with Crippen LogP contribution in [0.1, 0.15) is 12.8 Å². The molecule has 1 aromatic rings. The fraction of sp³-hybridized carbons (Fsp3) is 0.545. The van der Waals surface area contributed by atoms with Gasteiger partial charge < -0.3 is 9.45 Å². The molecule has 1 aliphatic rings. The minimum atomic E-state index is -1.90. The first kappa shape index (κ1) is 11.5. The molecule has 0 aliphatic carbocycles. The fourth-order valence-electron chi connectivity index (χ4n) is 2.11. The van der Waals surface area contributed by atoms with Crippen molar-refractivity contribution < 1.29 is 8.76 Å². The van der Waals surface area contributed by atoms with Gasteiger partial charge in [0.15, 0.2) is 0 Å². The molecule has 4 nitrogen and oxygen atoms in total. The van der Waals surface area contributed by atoms with E-state index in [-0.39, 0.29) is 0 Å². The second-order valence-electron chi connectivity index (χ2n) is 4.11. The second kappa shape index (κ2) is 5.41. The Morgan fingerprint density at radius 2 is 2.00 bits per heavy atom. The maximum absolute atomic E-state index is 10.6. The number of hydrogen-bond donors (Lipinski definition) is 0. The normalized spacial score (nSPS) is 19.7. The topological polar surface area (TPSA) is 56.3 Å². The van der Waals surface area contributed by atoms with Gasteiger partial charge in [-0.1, -0.05) is 11.1 Å². The van der Waals surface area contributed by atoms with Crippen LogP contribution >= 0.6 is 0 Å². The van der Waals surface area contributed by atoms with Gasteiger partial charge in [-0.3, -0.25) is 9.19 Å². The van der Waals surface area contributed by atoms with E-state index in [2.05, 4.69) is 9.88 Å². The summed E-state index contributed by atoms with van der Waals surface area (Å²) in [6.07, 6.45) is 5.48. The van der Waals surface area contributed by atoms with E-state index in [0.717, 1.165) is 25.9 Å². The summed E-state index contributed by atoms with van der Waals surface area (Å²) in [5, 5.41) is 0. The molecule has 88 valence electrons. The molecule has 1 fully saturated rings. The molecule has 0 spiro atoms. The van der Waals surface area contributed by atoms with Crippen LogP contribution < -0.4 is 4.90 Å². The Morgan fingerprint density at radius 1 is 1.38 bits per heavy atom. The zero-order chi connectivity index (χ0) is 11.4. The molecular formula is C11H15N2O2S-. The van der Waals surface area contributed by atoms with Gasteiger partial charge in [0.25, 0.3) is 0 Å². The number of piperidine rings is 1. The van der Waals surface area contributed by atoms with E-state index in [1.165, 1.54) is 5.69 Å². The van der Waals surface area contributed by atoms with Crippen LogP contribution in [0.4, 0.5) is 5.69 Å². The maximum Gasteiger partial charge on any atom is 0.0397 e. The average Bonchev–Trinajstić information content (AvgIpc) is 2.30. The molecule has 1 unspecified atom stereocenters. The molecule has 16 heavy (non-hydrogen) atoms. The number of aromatic nitrogens is 1. The van der Waals surface area contributed by atoms with Crippen LogP contribution in [0, 0.1) is 5.92 Å². The van der Waals surface area contributed by atoms with Gasteiger partial charge >= 0.3 is 0 Å². The largest absolute Gasteiger partial charge is 0.772 e. The van der Waals surface area contributed by atoms with Crippen LogP contribution in [0.15, 0.2) is 24.5 Å². The zero-order valence-corrected chi connectivity index (χ0v) is 9.86. The van der Waals surface area contributed by atoms with Crippen molar-refractivity contribution >= 4 is 16.8 Å². The standard InChI is InChI=1S/C11H16N2O2S/c14-16(15)9-10-3-7-13(8-4-10)11-1-5-12-6-2-11/h1-2,5-6,10H,3-4,7-9H2,(H,14,15)/p-1. The van der Waals surface area contributed by atoms with Crippen LogP contribution in [0.2, 0.25) is 0 Å². The molecule has 0 saturated carbocycles. The molecule has 0 bridgehead atoms. The van der Waals surface area contributed by atoms with Crippen molar-refractivity contribution in [3.8, 4) is 0 Å². The molecule has 0 N–H and O–H groups in total. The Morgan fingerprint density at radius 3 is 2.56 bits per heavy atom. The third kappa shape index (κ3) is 3.02. The van der Waals surface area contributed by atoms with Crippen LogP contribution in [-0.2, 0) is 11.1 Å². The van der Waals surface area contributed by atoms with Gasteiger partial charge in [0.1, 0.15) is 0 Å². The van der Waals surface area contributed by atoms with E-state index in [1.807, 2.05) is 12.1 Å². The van der Waals surface area contributed by atoms with E-state index in [9.17, 15) is 8.76 Å².